The van der Waals surface area contributed by atoms with Gasteiger partial charge in [0.05, 0.1) is 0 Å². The van der Waals surface area contributed by atoms with Crippen LogP contribution >= 0.6 is 0 Å². The van der Waals surface area contributed by atoms with Crippen molar-refractivity contribution < 1.29 is 9.90 Å². The summed E-state index contributed by atoms with van der Waals surface area (Å²) in [5.41, 5.74) is 1.05. The van der Waals surface area contributed by atoms with Crippen LogP contribution in [0.5, 0.6) is 0 Å². The fraction of sp³-hybridized carbons (Fsp3) is 0.562. The monoisotopic (exact) mass is 263 g/mol. The molecular formula is C16H25NO2. The molecule has 0 saturated heterocycles. The smallest absolute Gasteiger partial charge is 0.321 e. The van der Waals surface area contributed by atoms with Crippen LogP contribution in [-0.4, -0.2) is 23.7 Å². The van der Waals surface area contributed by atoms with E-state index in [-0.39, 0.29) is 0 Å². The highest BCUT2D eigenvalue weighted by Gasteiger charge is 2.18. The molecule has 0 heterocycles. The summed E-state index contributed by atoms with van der Waals surface area (Å²) in [5.74, 6) is 0.368. The first-order valence-corrected chi connectivity index (χ1v) is 6.99. The molecule has 1 unspecified atom stereocenters. The summed E-state index contributed by atoms with van der Waals surface area (Å²) in [7, 11) is 0. The number of nitrogens with one attached hydrogen (secondary N) is 1. The standard InChI is InChI=1S/C16H25NO2/c1-12(2)9-13(3)11-17-15(16(18)19)10-14-7-5-4-6-8-14/h4-8,12-13,15,17H,9-11H2,1-3H3,(H,18,19)/t13?,15-/m0/s1. The van der Waals surface area contributed by atoms with Crippen LogP contribution in [0, 0.1) is 11.8 Å². The SMILES string of the molecule is CC(C)CC(C)CN[C@@H](Cc1ccccc1)C(=O)O. The molecule has 106 valence electrons. The van der Waals surface area contributed by atoms with Crippen LogP contribution in [0.2, 0.25) is 0 Å². The molecule has 3 nitrogen and oxygen atoms in total. The normalized spacial score (nSPS) is 14.3. The maximum atomic E-state index is 11.3. The minimum absolute atomic E-state index is 0.498. The third kappa shape index (κ3) is 6.39. The predicted molar refractivity (Wildman–Crippen MR) is 78.2 cm³/mol. The van der Waals surface area contributed by atoms with Crippen LogP contribution in [0.1, 0.15) is 32.8 Å². The van der Waals surface area contributed by atoms with Crippen LogP contribution < -0.4 is 5.32 Å². The van der Waals surface area contributed by atoms with Crippen molar-refractivity contribution in [3.8, 4) is 0 Å². The molecule has 0 radical (unpaired) electrons. The molecule has 0 spiro atoms. The molecule has 2 atom stereocenters. The van der Waals surface area contributed by atoms with Gasteiger partial charge in [0.1, 0.15) is 6.04 Å². The highest BCUT2D eigenvalue weighted by Crippen LogP contribution is 2.10. The quantitative estimate of drug-likeness (QED) is 0.758. The Morgan fingerprint density at radius 3 is 2.37 bits per heavy atom. The fourth-order valence-electron chi connectivity index (χ4n) is 2.33. The number of carboxylic acids is 1. The minimum Gasteiger partial charge on any atom is -0.480 e. The van der Waals surface area contributed by atoms with Crippen molar-refractivity contribution in [2.45, 2.75) is 39.7 Å². The lowest BCUT2D eigenvalue weighted by Crippen LogP contribution is -2.40. The highest BCUT2D eigenvalue weighted by molar-refractivity contribution is 5.73. The van der Waals surface area contributed by atoms with E-state index in [0.717, 1.165) is 18.5 Å². The first kappa shape index (κ1) is 15.7. The van der Waals surface area contributed by atoms with Crippen molar-refractivity contribution in [2.75, 3.05) is 6.54 Å². The Morgan fingerprint density at radius 2 is 1.84 bits per heavy atom. The fourth-order valence-corrected chi connectivity index (χ4v) is 2.33. The summed E-state index contributed by atoms with van der Waals surface area (Å²) in [4.78, 5) is 11.3. The number of rotatable bonds is 8. The third-order valence-electron chi connectivity index (χ3n) is 3.17. The van der Waals surface area contributed by atoms with E-state index >= 15 is 0 Å². The second-order valence-electron chi connectivity index (χ2n) is 5.72. The van der Waals surface area contributed by atoms with Gasteiger partial charge in [0.25, 0.3) is 0 Å². The van der Waals surface area contributed by atoms with Crippen LogP contribution in [0.4, 0.5) is 0 Å². The summed E-state index contributed by atoms with van der Waals surface area (Å²) >= 11 is 0. The number of benzene rings is 1. The lowest BCUT2D eigenvalue weighted by molar-refractivity contribution is -0.139. The van der Waals surface area contributed by atoms with Crippen molar-refractivity contribution in [1.29, 1.82) is 0 Å². The number of hydrogen-bond acceptors (Lipinski definition) is 2. The average Bonchev–Trinajstić information content (AvgIpc) is 2.34. The molecule has 0 bridgehead atoms. The molecule has 1 aromatic rings. The van der Waals surface area contributed by atoms with E-state index in [9.17, 15) is 9.90 Å². The molecule has 1 rings (SSSR count). The van der Waals surface area contributed by atoms with Crippen molar-refractivity contribution in [2.24, 2.45) is 11.8 Å². The van der Waals surface area contributed by atoms with Crippen LogP contribution in [-0.2, 0) is 11.2 Å². The van der Waals surface area contributed by atoms with Gasteiger partial charge in [-0.15, -0.1) is 0 Å². The van der Waals surface area contributed by atoms with Crippen molar-refractivity contribution in [3.63, 3.8) is 0 Å². The molecule has 0 aliphatic carbocycles. The van der Waals surface area contributed by atoms with Gasteiger partial charge in [-0.1, -0.05) is 51.1 Å². The topological polar surface area (TPSA) is 49.3 Å². The predicted octanol–water partition coefficient (Wildman–Crippen LogP) is 2.95. The number of carboxylic acid groups (broad SMARTS) is 1. The van der Waals surface area contributed by atoms with E-state index in [0.29, 0.717) is 18.3 Å². The second kappa shape index (κ2) is 7.95. The molecule has 1 aromatic carbocycles. The summed E-state index contributed by atoms with van der Waals surface area (Å²) in [6, 6.07) is 9.25. The Labute approximate surface area is 116 Å². The molecule has 0 aliphatic rings. The first-order chi connectivity index (χ1) is 8.99. The van der Waals surface area contributed by atoms with Gasteiger partial charge in [-0.3, -0.25) is 4.79 Å². The number of carbonyl (C=O) groups is 1. The zero-order chi connectivity index (χ0) is 14.3. The zero-order valence-electron chi connectivity index (χ0n) is 12.1. The van der Waals surface area contributed by atoms with Gasteiger partial charge in [0.2, 0.25) is 0 Å². The molecule has 2 N–H and O–H groups in total. The van der Waals surface area contributed by atoms with Gasteiger partial charge in [0.15, 0.2) is 0 Å². The Hall–Kier alpha value is -1.35. The molecule has 0 fully saturated rings. The van der Waals surface area contributed by atoms with Crippen LogP contribution in [0.3, 0.4) is 0 Å². The Bertz CT molecular complexity index is 376. The maximum absolute atomic E-state index is 11.3. The summed E-state index contributed by atoms with van der Waals surface area (Å²) in [6.45, 7) is 7.29. The maximum Gasteiger partial charge on any atom is 0.321 e. The van der Waals surface area contributed by atoms with Gasteiger partial charge in [-0.25, -0.2) is 0 Å². The lowest BCUT2D eigenvalue weighted by Gasteiger charge is -2.19. The van der Waals surface area contributed by atoms with Gasteiger partial charge < -0.3 is 10.4 Å². The van der Waals surface area contributed by atoms with Gasteiger partial charge in [-0.2, -0.15) is 0 Å². The van der Waals surface area contributed by atoms with E-state index in [2.05, 4.69) is 26.1 Å². The Morgan fingerprint density at radius 1 is 1.21 bits per heavy atom. The van der Waals surface area contributed by atoms with Crippen molar-refractivity contribution in [3.05, 3.63) is 35.9 Å². The first-order valence-electron chi connectivity index (χ1n) is 6.99. The van der Waals surface area contributed by atoms with E-state index < -0.39 is 12.0 Å². The van der Waals surface area contributed by atoms with Crippen molar-refractivity contribution >= 4 is 5.97 Å². The zero-order valence-corrected chi connectivity index (χ0v) is 12.1. The molecule has 3 heteroatoms. The summed E-state index contributed by atoms with van der Waals surface area (Å²) < 4.78 is 0. The van der Waals surface area contributed by atoms with Gasteiger partial charge >= 0.3 is 5.97 Å². The van der Waals surface area contributed by atoms with Crippen LogP contribution in [0.25, 0.3) is 0 Å². The number of aliphatic carboxylic acids is 1. The minimum atomic E-state index is -0.777. The largest absolute Gasteiger partial charge is 0.480 e. The van der Waals surface area contributed by atoms with E-state index in [4.69, 9.17) is 0 Å². The third-order valence-corrected chi connectivity index (χ3v) is 3.17. The molecule has 0 amide bonds. The Kier molecular flexibility index (Phi) is 6.57. The van der Waals surface area contributed by atoms with Crippen LogP contribution in [0.15, 0.2) is 30.3 Å². The van der Waals surface area contributed by atoms with E-state index in [1.165, 1.54) is 0 Å². The van der Waals surface area contributed by atoms with Gasteiger partial charge in [0, 0.05) is 0 Å². The molecule has 19 heavy (non-hydrogen) atoms. The molecule has 0 aromatic heterocycles. The van der Waals surface area contributed by atoms with Gasteiger partial charge in [-0.05, 0) is 36.8 Å². The highest BCUT2D eigenvalue weighted by atomic mass is 16.4. The van der Waals surface area contributed by atoms with Crippen molar-refractivity contribution in [1.82, 2.24) is 5.32 Å². The molecule has 0 saturated carbocycles. The molecular weight excluding hydrogens is 238 g/mol. The lowest BCUT2D eigenvalue weighted by atomic mass is 9.98. The summed E-state index contributed by atoms with van der Waals surface area (Å²) in [6.07, 6.45) is 1.65. The summed E-state index contributed by atoms with van der Waals surface area (Å²) in [5, 5.41) is 12.4. The Balaban J connectivity index is 2.48. The average molecular weight is 263 g/mol. The molecule has 0 aliphatic heterocycles. The van der Waals surface area contributed by atoms with E-state index in [1.54, 1.807) is 0 Å². The van der Waals surface area contributed by atoms with E-state index in [1.807, 2.05) is 30.3 Å². The second-order valence-corrected chi connectivity index (χ2v) is 5.72. The number of hydrogen-bond donors (Lipinski definition) is 2.